The number of fused-ring (bicyclic) bond motifs is 2. The molecular weight excluding hydrogens is 400 g/mol. The van der Waals surface area contributed by atoms with E-state index in [4.69, 9.17) is 0 Å². The van der Waals surface area contributed by atoms with Crippen molar-refractivity contribution in [3.63, 3.8) is 0 Å². The fraction of sp³-hybridized carbons (Fsp3) is 0.0769. The molecule has 6 heteroatoms. The molecule has 156 valence electrons. The predicted octanol–water partition coefficient (Wildman–Crippen LogP) is 4.48. The van der Waals surface area contributed by atoms with Crippen LogP contribution < -0.4 is 10.6 Å². The number of carbonyl (C=O) groups is 2. The lowest BCUT2D eigenvalue weighted by molar-refractivity contribution is 0.0980. The Bertz CT molecular complexity index is 1200. The Hall–Kier alpha value is -4.32. The summed E-state index contributed by atoms with van der Waals surface area (Å²) in [5.74, 6) is -0.317. The van der Waals surface area contributed by atoms with Crippen LogP contribution in [0.15, 0.2) is 85.5 Å². The van der Waals surface area contributed by atoms with Gasteiger partial charge in [0.05, 0.1) is 11.1 Å². The Labute approximate surface area is 185 Å². The zero-order valence-electron chi connectivity index (χ0n) is 17.2. The van der Waals surface area contributed by atoms with E-state index >= 15 is 0 Å². The molecule has 1 aliphatic rings. The number of benzene rings is 2. The van der Waals surface area contributed by atoms with E-state index in [0.717, 1.165) is 11.1 Å². The van der Waals surface area contributed by atoms with Crippen LogP contribution in [0, 0.1) is 0 Å². The molecule has 0 saturated carbocycles. The highest BCUT2D eigenvalue weighted by Gasteiger charge is 2.33. The summed E-state index contributed by atoms with van der Waals surface area (Å²) in [6, 6.07) is 18.3. The van der Waals surface area contributed by atoms with Crippen molar-refractivity contribution in [2.45, 2.75) is 13.1 Å². The zero-order valence-corrected chi connectivity index (χ0v) is 17.2. The minimum absolute atomic E-state index is 0.158. The van der Waals surface area contributed by atoms with Crippen LogP contribution in [0.4, 0.5) is 11.4 Å². The SMILES string of the molecule is O=C1c2cccc(NCc3cccnc3)c2C(=O)c2cccc(NCc3cccnc3)c21. The van der Waals surface area contributed by atoms with Gasteiger partial charge >= 0.3 is 0 Å². The Morgan fingerprint density at radius 2 is 1.06 bits per heavy atom. The number of rotatable bonds is 6. The lowest BCUT2D eigenvalue weighted by Gasteiger charge is -2.23. The van der Waals surface area contributed by atoms with E-state index in [2.05, 4.69) is 20.6 Å². The van der Waals surface area contributed by atoms with Gasteiger partial charge in [0.15, 0.2) is 11.6 Å². The van der Waals surface area contributed by atoms with Crippen LogP contribution in [0.5, 0.6) is 0 Å². The Balaban J connectivity index is 1.47. The number of carbonyl (C=O) groups excluding carboxylic acids is 2. The van der Waals surface area contributed by atoms with E-state index in [1.807, 2.05) is 36.4 Å². The molecule has 0 saturated heterocycles. The molecule has 0 atom stereocenters. The van der Waals surface area contributed by atoms with Gasteiger partial charge in [0.25, 0.3) is 0 Å². The fourth-order valence-electron chi connectivity index (χ4n) is 3.94. The van der Waals surface area contributed by atoms with Gasteiger partial charge in [0.1, 0.15) is 0 Å². The average molecular weight is 420 g/mol. The summed E-state index contributed by atoms with van der Waals surface area (Å²) in [7, 11) is 0. The summed E-state index contributed by atoms with van der Waals surface area (Å²) in [4.78, 5) is 35.2. The van der Waals surface area contributed by atoms with Gasteiger partial charge in [-0.1, -0.05) is 36.4 Å². The first-order valence-electron chi connectivity index (χ1n) is 10.3. The van der Waals surface area contributed by atoms with Crippen LogP contribution in [0.25, 0.3) is 0 Å². The third kappa shape index (κ3) is 3.63. The molecule has 0 fully saturated rings. The Morgan fingerprint density at radius 3 is 1.47 bits per heavy atom. The van der Waals surface area contributed by atoms with E-state index < -0.39 is 0 Å². The van der Waals surface area contributed by atoms with Gasteiger partial charge in [-0.2, -0.15) is 0 Å². The molecule has 2 N–H and O–H groups in total. The second kappa shape index (κ2) is 8.43. The largest absolute Gasteiger partial charge is 0.380 e. The van der Waals surface area contributed by atoms with Crippen molar-refractivity contribution >= 4 is 22.9 Å². The first-order chi connectivity index (χ1) is 15.7. The third-order valence-corrected chi connectivity index (χ3v) is 5.48. The highest BCUT2D eigenvalue weighted by atomic mass is 16.1. The molecule has 2 aromatic carbocycles. The number of nitrogens with one attached hydrogen (secondary N) is 2. The van der Waals surface area contributed by atoms with Gasteiger partial charge in [-0.15, -0.1) is 0 Å². The van der Waals surface area contributed by atoms with Crippen LogP contribution in [-0.4, -0.2) is 21.5 Å². The molecule has 0 unspecified atom stereocenters. The van der Waals surface area contributed by atoms with Gasteiger partial charge in [-0.05, 0) is 35.4 Å². The second-order valence-electron chi connectivity index (χ2n) is 7.54. The standard InChI is InChI=1S/C26H20N4O2/c31-25-19-7-1-9-21(29-15-17-5-3-11-27-13-17)23(19)26(32)20-8-2-10-22(24(20)25)30-16-18-6-4-12-28-14-18/h1-14,29-30H,15-16H2. The van der Waals surface area contributed by atoms with Crippen molar-refractivity contribution in [2.24, 2.45) is 0 Å². The van der Waals surface area contributed by atoms with Gasteiger partial charge in [0, 0.05) is 60.4 Å². The van der Waals surface area contributed by atoms with E-state index in [9.17, 15) is 9.59 Å². The second-order valence-corrected chi connectivity index (χ2v) is 7.54. The summed E-state index contributed by atoms with van der Waals surface area (Å²) in [5, 5.41) is 6.59. The minimum atomic E-state index is -0.158. The minimum Gasteiger partial charge on any atom is -0.380 e. The zero-order chi connectivity index (χ0) is 21.9. The molecule has 2 heterocycles. The maximum Gasteiger partial charge on any atom is 0.196 e. The molecule has 32 heavy (non-hydrogen) atoms. The number of hydrogen-bond acceptors (Lipinski definition) is 6. The summed E-state index contributed by atoms with van der Waals surface area (Å²) in [5.41, 5.74) is 4.91. The van der Waals surface area contributed by atoms with Crippen molar-refractivity contribution in [2.75, 3.05) is 10.6 Å². The third-order valence-electron chi connectivity index (χ3n) is 5.48. The number of hydrogen-bond donors (Lipinski definition) is 2. The normalized spacial score (nSPS) is 12.1. The molecule has 0 radical (unpaired) electrons. The van der Waals surface area contributed by atoms with Crippen molar-refractivity contribution in [3.8, 4) is 0 Å². The first-order valence-corrected chi connectivity index (χ1v) is 10.3. The molecule has 0 bridgehead atoms. The number of nitrogens with zero attached hydrogens (tertiary/aromatic N) is 2. The quantitative estimate of drug-likeness (QED) is 0.422. The predicted molar refractivity (Wildman–Crippen MR) is 123 cm³/mol. The number of anilines is 2. The van der Waals surface area contributed by atoms with E-state index in [0.29, 0.717) is 46.7 Å². The van der Waals surface area contributed by atoms with Crippen molar-refractivity contribution in [1.29, 1.82) is 0 Å². The number of aromatic nitrogens is 2. The number of ketones is 2. The lowest BCUT2D eigenvalue weighted by Crippen LogP contribution is -2.24. The van der Waals surface area contributed by atoms with Gasteiger partial charge in [-0.3, -0.25) is 19.6 Å². The molecule has 0 amide bonds. The molecule has 0 spiro atoms. The lowest BCUT2D eigenvalue weighted by atomic mass is 9.82. The highest BCUT2D eigenvalue weighted by Crippen LogP contribution is 2.35. The molecule has 0 aliphatic heterocycles. The van der Waals surface area contributed by atoms with Gasteiger partial charge in [0.2, 0.25) is 0 Å². The Morgan fingerprint density at radius 1 is 0.594 bits per heavy atom. The molecule has 4 aromatic rings. The van der Waals surface area contributed by atoms with Crippen LogP contribution in [0.1, 0.15) is 43.0 Å². The summed E-state index contributed by atoms with van der Waals surface area (Å²) < 4.78 is 0. The van der Waals surface area contributed by atoms with E-state index in [-0.39, 0.29) is 11.6 Å². The van der Waals surface area contributed by atoms with Crippen molar-refractivity contribution < 1.29 is 9.59 Å². The number of pyridine rings is 2. The van der Waals surface area contributed by atoms with E-state index in [1.165, 1.54) is 0 Å². The highest BCUT2D eigenvalue weighted by molar-refractivity contribution is 6.31. The van der Waals surface area contributed by atoms with Crippen LogP contribution >= 0.6 is 0 Å². The topological polar surface area (TPSA) is 84.0 Å². The molecular formula is C26H20N4O2. The maximum absolute atomic E-state index is 13.5. The fourth-order valence-corrected chi connectivity index (χ4v) is 3.94. The van der Waals surface area contributed by atoms with Gasteiger partial charge in [-0.25, -0.2) is 0 Å². The van der Waals surface area contributed by atoms with Crippen LogP contribution in [-0.2, 0) is 13.1 Å². The molecule has 1 aliphatic carbocycles. The van der Waals surface area contributed by atoms with E-state index in [1.54, 1.807) is 49.1 Å². The summed E-state index contributed by atoms with van der Waals surface area (Å²) >= 11 is 0. The van der Waals surface area contributed by atoms with Crippen LogP contribution in [0.3, 0.4) is 0 Å². The first kappa shape index (κ1) is 19.6. The van der Waals surface area contributed by atoms with Crippen molar-refractivity contribution in [1.82, 2.24) is 9.97 Å². The van der Waals surface area contributed by atoms with Crippen molar-refractivity contribution in [3.05, 3.63) is 119 Å². The molecule has 6 nitrogen and oxygen atoms in total. The average Bonchev–Trinajstić information content (AvgIpc) is 2.85. The molecule has 5 rings (SSSR count). The smallest absolute Gasteiger partial charge is 0.196 e. The molecule has 2 aromatic heterocycles. The summed E-state index contributed by atoms with van der Waals surface area (Å²) in [6.07, 6.45) is 6.97. The summed E-state index contributed by atoms with van der Waals surface area (Å²) in [6.45, 7) is 1.01. The van der Waals surface area contributed by atoms with Crippen LogP contribution in [0.2, 0.25) is 0 Å². The Kier molecular flexibility index (Phi) is 5.17. The maximum atomic E-state index is 13.5. The monoisotopic (exact) mass is 420 g/mol. The van der Waals surface area contributed by atoms with Gasteiger partial charge < -0.3 is 10.6 Å².